The van der Waals surface area contributed by atoms with Gasteiger partial charge in [0.2, 0.25) is 5.91 Å². The number of aliphatic imine (C=N–C) groups is 1. The Kier molecular flexibility index (Phi) is 4.08. The molecule has 1 unspecified atom stereocenters. The summed E-state index contributed by atoms with van der Waals surface area (Å²) in [7, 11) is 1.66. The normalized spacial score (nSPS) is 24.6. The first kappa shape index (κ1) is 10.4. The Morgan fingerprint density at radius 2 is 2.38 bits per heavy atom. The monoisotopic (exact) mass is 201 g/mol. The third kappa shape index (κ3) is 2.91. The van der Waals surface area contributed by atoms with Gasteiger partial charge in [-0.2, -0.15) is 11.8 Å². The maximum absolute atomic E-state index is 11.3. The Labute approximate surface area is 82.6 Å². The molecule has 1 aliphatic heterocycles. The van der Waals surface area contributed by atoms with Gasteiger partial charge in [-0.1, -0.05) is 6.92 Å². The van der Waals surface area contributed by atoms with Crippen molar-refractivity contribution in [3.63, 3.8) is 0 Å². The van der Waals surface area contributed by atoms with E-state index in [2.05, 4.69) is 22.5 Å². The van der Waals surface area contributed by atoms with Crippen molar-refractivity contribution in [2.24, 2.45) is 4.99 Å². The molecule has 0 aromatic rings. The zero-order valence-corrected chi connectivity index (χ0v) is 8.78. The van der Waals surface area contributed by atoms with E-state index in [-0.39, 0.29) is 11.9 Å². The third-order valence-corrected chi connectivity index (χ3v) is 2.78. The summed E-state index contributed by atoms with van der Waals surface area (Å²) >= 11 is 1.85. The number of hydrogen-bond donors (Lipinski definition) is 2. The van der Waals surface area contributed by atoms with E-state index in [0.717, 1.165) is 17.9 Å². The van der Waals surface area contributed by atoms with Crippen LogP contribution in [0.5, 0.6) is 0 Å². The molecule has 13 heavy (non-hydrogen) atoms. The zero-order chi connectivity index (χ0) is 9.68. The van der Waals surface area contributed by atoms with E-state index in [9.17, 15) is 4.79 Å². The van der Waals surface area contributed by atoms with Crippen LogP contribution in [0.2, 0.25) is 0 Å². The first-order valence-electron chi connectivity index (χ1n) is 4.40. The number of nitrogens with one attached hydrogen (secondary N) is 2. The summed E-state index contributed by atoms with van der Waals surface area (Å²) in [6, 6.07) is -0.0854. The van der Waals surface area contributed by atoms with Crippen LogP contribution < -0.4 is 10.6 Å². The minimum absolute atomic E-state index is 0.0392. The summed E-state index contributed by atoms with van der Waals surface area (Å²) in [4.78, 5) is 15.2. The van der Waals surface area contributed by atoms with Crippen molar-refractivity contribution in [3.05, 3.63) is 0 Å². The first-order valence-corrected chi connectivity index (χ1v) is 5.55. The highest BCUT2D eigenvalue weighted by Gasteiger charge is 2.26. The van der Waals surface area contributed by atoms with E-state index in [1.165, 1.54) is 0 Å². The second kappa shape index (κ2) is 5.11. The van der Waals surface area contributed by atoms with Crippen LogP contribution in [0.25, 0.3) is 0 Å². The molecule has 1 aliphatic rings. The van der Waals surface area contributed by atoms with Gasteiger partial charge in [0, 0.05) is 7.05 Å². The highest BCUT2D eigenvalue weighted by Crippen LogP contribution is 2.06. The van der Waals surface area contributed by atoms with Crippen LogP contribution >= 0.6 is 11.8 Å². The molecule has 0 bridgehead atoms. The fourth-order valence-corrected chi connectivity index (χ4v) is 1.83. The molecule has 5 heteroatoms. The number of rotatable bonds is 4. The fourth-order valence-electron chi connectivity index (χ4n) is 1.14. The summed E-state index contributed by atoms with van der Waals surface area (Å²) < 4.78 is 0. The minimum Gasteiger partial charge on any atom is -0.344 e. The maximum Gasteiger partial charge on any atom is 0.249 e. The van der Waals surface area contributed by atoms with Crippen molar-refractivity contribution in [2.45, 2.75) is 19.4 Å². The molecule has 0 aromatic carbocycles. The van der Waals surface area contributed by atoms with Crippen LogP contribution in [0.4, 0.5) is 0 Å². The van der Waals surface area contributed by atoms with Crippen molar-refractivity contribution in [2.75, 3.05) is 18.6 Å². The van der Waals surface area contributed by atoms with Crippen LogP contribution in [0.3, 0.4) is 0 Å². The molecule has 0 aliphatic carbocycles. The number of hydrogen-bond acceptors (Lipinski definition) is 3. The maximum atomic E-state index is 11.3. The Bertz CT molecular complexity index is 217. The van der Waals surface area contributed by atoms with Crippen molar-refractivity contribution in [1.82, 2.24) is 10.6 Å². The van der Waals surface area contributed by atoms with E-state index >= 15 is 0 Å². The molecule has 1 rings (SSSR count). The van der Waals surface area contributed by atoms with Gasteiger partial charge in [-0.3, -0.25) is 15.1 Å². The molecule has 1 fully saturated rings. The number of guanidine groups is 1. The van der Waals surface area contributed by atoms with Gasteiger partial charge in [-0.15, -0.1) is 0 Å². The van der Waals surface area contributed by atoms with Crippen molar-refractivity contribution in [3.8, 4) is 0 Å². The average Bonchev–Trinajstić information content (AvgIpc) is 2.48. The van der Waals surface area contributed by atoms with Gasteiger partial charge in [-0.25, -0.2) is 0 Å². The minimum atomic E-state index is -0.0854. The molecule has 1 saturated heterocycles. The Balaban J connectivity index is 2.31. The van der Waals surface area contributed by atoms with E-state index in [1.54, 1.807) is 7.05 Å². The van der Waals surface area contributed by atoms with E-state index in [4.69, 9.17) is 0 Å². The predicted molar refractivity (Wildman–Crippen MR) is 56.0 cm³/mol. The average molecular weight is 201 g/mol. The van der Waals surface area contributed by atoms with Crippen molar-refractivity contribution < 1.29 is 4.79 Å². The summed E-state index contributed by atoms with van der Waals surface area (Å²) in [5.74, 6) is 2.75. The molecule has 4 nitrogen and oxygen atoms in total. The lowest BCUT2D eigenvalue weighted by Crippen LogP contribution is -2.29. The van der Waals surface area contributed by atoms with Crippen molar-refractivity contribution >= 4 is 23.6 Å². The molecular formula is C8H15N3OS. The first-order chi connectivity index (χ1) is 6.27. The molecule has 1 heterocycles. The van der Waals surface area contributed by atoms with E-state index in [1.807, 2.05) is 11.8 Å². The van der Waals surface area contributed by atoms with Gasteiger partial charge in [0.25, 0.3) is 0 Å². The highest BCUT2D eigenvalue weighted by molar-refractivity contribution is 7.99. The largest absolute Gasteiger partial charge is 0.344 e. The lowest BCUT2D eigenvalue weighted by molar-refractivity contribution is -0.120. The van der Waals surface area contributed by atoms with Crippen LogP contribution in [0.15, 0.2) is 4.99 Å². The second-order valence-corrected chi connectivity index (χ2v) is 4.14. The van der Waals surface area contributed by atoms with E-state index in [0.29, 0.717) is 5.96 Å². The molecular weight excluding hydrogens is 186 g/mol. The number of nitrogens with zero attached hydrogens (tertiary/aromatic N) is 1. The second-order valence-electron chi connectivity index (χ2n) is 2.74. The van der Waals surface area contributed by atoms with Gasteiger partial charge in [0.15, 0.2) is 5.96 Å². The molecule has 2 N–H and O–H groups in total. The SMILES string of the molecule is CCSCCC1NC(=NC)NC1=O. The quantitative estimate of drug-likeness (QED) is 0.639. The van der Waals surface area contributed by atoms with E-state index < -0.39 is 0 Å². The number of carbonyl (C=O) groups is 1. The molecule has 0 aromatic heterocycles. The number of carbonyl (C=O) groups excluding carboxylic acids is 1. The highest BCUT2D eigenvalue weighted by atomic mass is 32.2. The van der Waals surface area contributed by atoms with Gasteiger partial charge in [0.1, 0.15) is 6.04 Å². The van der Waals surface area contributed by atoms with Gasteiger partial charge < -0.3 is 5.32 Å². The molecule has 0 spiro atoms. The lowest BCUT2D eigenvalue weighted by atomic mass is 10.2. The van der Waals surface area contributed by atoms with Crippen LogP contribution in [-0.2, 0) is 4.79 Å². The summed E-state index contributed by atoms with van der Waals surface area (Å²) in [5.41, 5.74) is 0. The Morgan fingerprint density at radius 3 is 2.92 bits per heavy atom. The van der Waals surface area contributed by atoms with Gasteiger partial charge in [-0.05, 0) is 17.9 Å². The fraction of sp³-hybridized carbons (Fsp3) is 0.750. The van der Waals surface area contributed by atoms with Gasteiger partial charge >= 0.3 is 0 Å². The third-order valence-electron chi connectivity index (χ3n) is 1.85. The zero-order valence-electron chi connectivity index (χ0n) is 7.96. The predicted octanol–water partition coefficient (Wildman–Crippen LogP) is 0.203. The number of amides is 1. The van der Waals surface area contributed by atoms with Crippen LogP contribution in [0.1, 0.15) is 13.3 Å². The molecule has 1 amide bonds. The summed E-state index contributed by atoms with van der Waals surface area (Å²) in [6.07, 6.45) is 0.864. The molecule has 74 valence electrons. The topological polar surface area (TPSA) is 53.5 Å². The Hall–Kier alpha value is -0.710. The summed E-state index contributed by atoms with van der Waals surface area (Å²) in [6.45, 7) is 2.12. The number of thioether (sulfide) groups is 1. The Morgan fingerprint density at radius 1 is 1.62 bits per heavy atom. The smallest absolute Gasteiger partial charge is 0.249 e. The van der Waals surface area contributed by atoms with Gasteiger partial charge in [0.05, 0.1) is 0 Å². The lowest BCUT2D eigenvalue weighted by Gasteiger charge is -2.05. The molecule has 0 radical (unpaired) electrons. The van der Waals surface area contributed by atoms with Crippen LogP contribution in [-0.4, -0.2) is 36.5 Å². The van der Waals surface area contributed by atoms with Crippen LogP contribution in [0, 0.1) is 0 Å². The van der Waals surface area contributed by atoms with Crippen molar-refractivity contribution in [1.29, 1.82) is 0 Å². The molecule has 0 saturated carbocycles. The summed E-state index contributed by atoms with van der Waals surface area (Å²) in [5, 5.41) is 5.70. The standard InChI is InChI=1S/C8H15N3OS/c1-3-13-5-4-6-7(12)11-8(9-2)10-6/h6H,3-5H2,1-2H3,(H2,9,10,11,12). The molecule has 1 atom stereocenters.